The van der Waals surface area contributed by atoms with E-state index in [0.29, 0.717) is 31.4 Å². The Labute approximate surface area is 317 Å². The molecule has 4 N–H and O–H groups in total. The average Bonchev–Trinajstić information content (AvgIpc) is 3.12. The lowest BCUT2D eigenvalue weighted by Crippen LogP contribution is -2.43. The number of aromatic nitrogens is 4. The number of carbonyl (C=O) groups is 2. The third kappa shape index (κ3) is 9.53. The highest BCUT2D eigenvalue weighted by Crippen LogP contribution is 2.31. The maximum absolute atomic E-state index is 12.0. The van der Waals surface area contributed by atoms with Crippen LogP contribution in [-0.4, -0.2) is 104 Å². The first-order valence-electron chi connectivity index (χ1n) is 16.7. The number of carboxylic acids is 2. The molecule has 4 aromatic rings. The summed E-state index contributed by atoms with van der Waals surface area (Å²) in [6.45, 7) is 3.51. The van der Waals surface area contributed by atoms with Crippen molar-refractivity contribution in [3.05, 3.63) is 113 Å². The summed E-state index contributed by atoms with van der Waals surface area (Å²) < 4.78 is 3.53. The van der Waals surface area contributed by atoms with Crippen molar-refractivity contribution in [2.45, 2.75) is 36.8 Å². The molecule has 16 heteroatoms. The summed E-state index contributed by atoms with van der Waals surface area (Å²) in [6, 6.07) is 14.5. The predicted molar refractivity (Wildman–Crippen MR) is 206 cm³/mol. The number of aryl methyl sites for hydroxylation is 2. The number of nitrogens with zero attached hydrogens (tertiary/aromatic N) is 6. The lowest BCUT2D eigenvalue weighted by atomic mass is 9.88. The van der Waals surface area contributed by atoms with Crippen LogP contribution >= 0.6 is 31.9 Å². The molecule has 0 spiro atoms. The van der Waals surface area contributed by atoms with E-state index >= 15 is 0 Å². The van der Waals surface area contributed by atoms with Crippen molar-refractivity contribution < 1.29 is 19.8 Å². The summed E-state index contributed by atoms with van der Waals surface area (Å²) in [4.78, 5) is 50.6. The minimum absolute atomic E-state index is 0.156. The lowest BCUT2D eigenvalue weighted by Gasteiger charge is -2.36. The zero-order valence-electron chi connectivity index (χ0n) is 29.3. The van der Waals surface area contributed by atoms with E-state index in [1.54, 1.807) is 50.8 Å². The second-order valence-corrected chi connectivity index (χ2v) is 15.0. The van der Waals surface area contributed by atoms with Crippen LogP contribution in [0.4, 0.5) is 11.4 Å². The molecule has 14 nitrogen and oxygen atoms in total. The van der Waals surface area contributed by atoms with Gasteiger partial charge < -0.3 is 30.6 Å². The van der Waals surface area contributed by atoms with Crippen LogP contribution in [0.1, 0.15) is 56.5 Å². The number of hydrogen-bond donors (Lipinski definition) is 4. The Morgan fingerprint density at radius 3 is 1.31 bits per heavy atom. The number of nitrogens with one attached hydrogen (secondary N) is 2. The van der Waals surface area contributed by atoms with Gasteiger partial charge >= 0.3 is 11.9 Å². The zero-order chi connectivity index (χ0) is 37.7. The van der Waals surface area contributed by atoms with E-state index in [4.69, 9.17) is 10.2 Å². The number of hydrogen-bond acceptors (Lipinski definition) is 10. The fraction of sp³-hybridized carbons (Fsp3) is 0.389. The summed E-state index contributed by atoms with van der Waals surface area (Å²) in [5.74, 6) is -1.26. The Bertz CT molecular complexity index is 1880. The summed E-state index contributed by atoms with van der Waals surface area (Å²) in [7, 11) is 7.34. The molecule has 52 heavy (non-hydrogen) atoms. The molecule has 2 aliphatic rings. The molecule has 2 fully saturated rings. The molecule has 2 aliphatic heterocycles. The van der Waals surface area contributed by atoms with Crippen molar-refractivity contribution in [3.63, 3.8) is 0 Å². The van der Waals surface area contributed by atoms with E-state index in [1.165, 1.54) is 9.36 Å². The molecule has 6 rings (SSSR count). The van der Waals surface area contributed by atoms with E-state index < -0.39 is 11.9 Å². The standard InChI is InChI=1S/2C18H21BrN4O3/c2*1-22-9-13(11-3-5-12(6-4-11)18(25)26)7-14(10-22)21-15-8-20-23(2)17(24)16(15)19/h2*3-6,8,13-14,21H,7,9-10H2,1-2H3,(H,25,26). The summed E-state index contributed by atoms with van der Waals surface area (Å²) in [5, 5.41) is 33.1. The Kier molecular flexibility index (Phi) is 12.7. The van der Waals surface area contributed by atoms with Gasteiger partial charge in [-0.05, 0) is 106 Å². The molecule has 2 aromatic heterocycles. The van der Waals surface area contributed by atoms with Crippen molar-refractivity contribution in [2.24, 2.45) is 14.1 Å². The highest BCUT2D eigenvalue weighted by molar-refractivity contribution is 9.11. The number of piperidine rings is 2. The smallest absolute Gasteiger partial charge is 0.335 e. The van der Waals surface area contributed by atoms with Crippen LogP contribution < -0.4 is 21.8 Å². The number of aromatic carboxylic acids is 2. The predicted octanol–water partition coefficient (Wildman–Crippen LogP) is 4.28. The normalized spacial score (nSPS) is 20.7. The monoisotopic (exact) mass is 840 g/mol. The second kappa shape index (κ2) is 17.0. The van der Waals surface area contributed by atoms with Crippen molar-refractivity contribution in [3.8, 4) is 0 Å². The molecule has 4 unspecified atom stereocenters. The number of halogens is 2. The molecular formula is C36H42Br2N8O6. The number of benzene rings is 2. The van der Waals surface area contributed by atoms with Crippen LogP contribution in [0.25, 0.3) is 0 Å². The molecule has 0 bridgehead atoms. The van der Waals surface area contributed by atoms with E-state index in [9.17, 15) is 19.2 Å². The third-order valence-corrected chi connectivity index (χ3v) is 10.9. The van der Waals surface area contributed by atoms with Gasteiger partial charge in [0.05, 0.1) is 34.9 Å². The van der Waals surface area contributed by atoms with Crippen LogP contribution in [0.3, 0.4) is 0 Å². The molecule has 4 heterocycles. The summed E-state index contributed by atoms with van der Waals surface area (Å²) in [5.41, 5.74) is 3.84. The molecule has 0 amide bonds. The van der Waals surface area contributed by atoms with Gasteiger partial charge in [-0.1, -0.05) is 24.3 Å². The maximum Gasteiger partial charge on any atom is 0.335 e. The van der Waals surface area contributed by atoms with Gasteiger partial charge in [0.2, 0.25) is 0 Å². The van der Waals surface area contributed by atoms with Gasteiger partial charge in [0.25, 0.3) is 11.1 Å². The Balaban J connectivity index is 0.000000201. The molecule has 4 atom stereocenters. The Morgan fingerprint density at radius 2 is 0.981 bits per heavy atom. The summed E-state index contributed by atoms with van der Waals surface area (Å²) in [6.07, 6.45) is 5.07. The molecule has 0 aliphatic carbocycles. The van der Waals surface area contributed by atoms with Gasteiger partial charge in [0.15, 0.2) is 0 Å². The van der Waals surface area contributed by atoms with E-state index in [0.717, 1.165) is 50.1 Å². The Hall–Kier alpha value is -4.38. The number of likely N-dealkylation sites (tertiary alicyclic amines) is 2. The van der Waals surface area contributed by atoms with Crippen molar-refractivity contribution >= 4 is 55.2 Å². The van der Waals surface area contributed by atoms with Gasteiger partial charge in [-0.25, -0.2) is 19.0 Å². The average molecular weight is 843 g/mol. The van der Waals surface area contributed by atoms with Gasteiger partial charge in [0.1, 0.15) is 8.95 Å². The molecule has 0 saturated carbocycles. The number of anilines is 2. The van der Waals surface area contributed by atoms with Crippen molar-refractivity contribution in [2.75, 3.05) is 50.9 Å². The fourth-order valence-electron chi connectivity index (χ4n) is 6.79. The number of likely N-dealkylation sites (N-methyl/N-ethyl adjacent to an activating group) is 2. The first-order chi connectivity index (χ1) is 24.7. The number of rotatable bonds is 8. The van der Waals surface area contributed by atoms with Gasteiger partial charge in [-0.3, -0.25) is 9.59 Å². The van der Waals surface area contributed by atoms with Crippen molar-refractivity contribution in [1.82, 2.24) is 29.4 Å². The quantitative estimate of drug-likeness (QED) is 0.199. The van der Waals surface area contributed by atoms with Crippen LogP contribution in [0.2, 0.25) is 0 Å². The largest absolute Gasteiger partial charge is 0.478 e. The third-order valence-electron chi connectivity index (χ3n) is 9.40. The van der Waals surface area contributed by atoms with Gasteiger partial charge in [-0.15, -0.1) is 0 Å². The van der Waals surface area contributed by atoms with Crippen LogP contribution in [0.5, 0.6) is 0 Å². The van der Waals surface area contributed by atoms with Crippen LogP contribution in [0, 0.1) is 0 Å². The fourth-order valence-corrected chi connectivity index (χ4v) is 7.74. The highest BCUT2D eigenvalue weighted by atomic mass is 79.9. The van der Waals surface area contributed by atoms with Crippen LogP contribution in [-0.2, 0) is 14.1 Å². The first kappa shape index (κ1) is 38.8. The highest BCUT2D eigenvalue weighted by Gasteiger charge is 2.29. The molecule has 0 radical (unpaired) electrons. The summed E-state index contributed by atoms with van der Waals surface area (Å²) >= 11 is 6.70. The van der Waals surface area contributed by atoms with E-state index in [-0.39, 0.29) is 35.0 Å². The Morgan fingerprint density at radius 1 is 0.635 bits per heavy atom. The first-order valence-corrected chi connectivity index (χ1v) is 18.3. The van der Waals surface area contributed by atoms with Crippen molar-refractivity contribution in [1.29, 1.82) is 0 Å². The molecule has 2 aromatic carbocycles. The minimum Gasteiger partial charge on any atom is -0.478 e. The molecule has 276 valence electrons. The molecular weight excluding hydrogens is 800 g/mol. The van der Waals surface area contributed by atoms with Gasteiger partial charge in [0, 0.05) is 52.4 Å². The topological polar surface area (TPSA) is 175 Å². The minimum atomic E-state index is -0.917. The number of carboxylic acid groups (broad SMARTS) is 2. The molecule has 2 saturated heterocycles. The second-order valence-electron chi connectivity index (χ2n) is 13.4. The van der Waals surface area contributed by atoms with E-state index in [2.05, 4.69) is 76.6 Å². The van der Waals surface area contributed by atoms with E-state index in [1.807, 2.05) is 24.3 Å². The zero-order valence-corrected chi connectivity index (χ0v) is 32.5. The van der Waals surface area contributed by atoms with Crippen LogP contribution in [0.15, 0.2) is 79.5 Å². The lowest BCUT2D eigenvalue weighted by molar-refractivity contribution is 0.0686. The van der Waals surface area contributed by atoms with Gasteiger partial charge in [-0.2, -0.15) is 10.2 Å². The SMILES string of the molecule is CN1CC(Nc2cnn(C)c(=O)c2Br)CC(c2ccc(C(=O)O)cc2)C1.CN1CC(Nc2cnn(C)c(=O)c2Br)CC(c2ccc(C(=O)O)cc2)C1. The maximum atomic E-state index is 12.0.